The summed E-state index contributed by atoms with van der Waals surface area (Å²) in [5.41, 5.74) is 2.79. The molecule has 2 saturated heterocycles. The molecule has 1 atom stereocenters. The van der Waals surface area contributed by atoms with E-state index in [9.17, 15) is 0 Å². The lowest BCUT2D eigenvalue weighted by atomic mass is 9.95. The second-order valence-electron chi connectivity index (χ2n) is 6.65. The number of hydrogen-bond donors (Lipinski definition) is 0. The van der Waals surface area contributed by atoms with Crippen LogP contribution >= 0.6 is 0 Å². The number of aryl methyl sites for hydroxylation is 1. The number of piperidine rings is 1. The summed E-state index contributed by atoms with van der Waals surface area (Å²) in [6.07, 6.45) is 10.0. The van der Waals surface area contributed by atoms with E-state index in [0.717, 1.165) is 0 Å². The molecular formula is C18H29N3. The van der Waals surface area contributed by atoms with Gasteiger partial charge in [0.2, 0.25) is 0 Å². The second-order valence-corrected chi connectivity index (χ2v) is 6.65. The molecule has 0 saturated carbocycles. The molecule has 1 aromatic rings. The average Bonchev–Trinajstić information content (AvgIpc) is 3.02. The van der Waals surface area contributed by atoms with Gasteiger partial charge in [-0.2, -0.15) is 0 Å². The standard InChI is InChI=1S/C18H29N3/c1-3-9-20-10-5-4-8-17(20)16-13-15(2)18(19-14-16)21-11-6-7-12-21/h13-14,17H,3-12H2,1-2H3/t17-/m1/s1. The fourth-order valence-electron chi connectivity index (χ4n) is 3.95. The van der Waals surface area contributed by atoms with Gasteiger partial charge in [0.15, 0.2) is 0 Å². The van der Waals surface area contributed by atoms with Crippen LogP contribution in [0.4, 0.5) is 5.82 Å². The highest BCUT2D eigenvalue weighted by atomic mass is 15.2. The lowest BCUT2D eigenvalue weighted by molar-refractivity contribution is 0.149. The van der Waals surface area contributed by atoms with E-state index in [1.165, 1.54) is 81.6 Å². The van der Waals surface area contributed by atoms with Crippen molar-refractivity contribution in [2.24, 2.45) is 0 Å². The summed E-state index contributed by atoms with van der Waals surface area (Å²) < 4.78 is 0. The third-order valence-corrected chi connectivity index (χ3v) is 4.99. The Balaban J connectivity index is 1.79. The van der Waals surface area contributed by atoms with E-state index in [2.05, 4.69) is 35.9 Å². The van der Waals surface area contributed by atoms with Crippen molar-refractivity contribution in [3.05, 3.63) is 23.4 Å². The first-order chi connectivity index (χ1) is 10.3. The summed E-state index contributed by atoms with van der Waals surface area (Å²) in [7, 11) is 0. The molecule has 0 unspecified atom stereocenters. The van der Waals surface area contributed by atoms with Crippen LogP contribution in [0.3, 0.4) is 0 Å². The number of aromatic nitrogens is 1. The predicted molar refractivity (Wildman–Crippen MR) is 88.9 cm³/mol. The number of hydrogen-bond acceptors (Lipinski definition) is 3. The van der Waals surface area contributed by atoms with Gasteiger partial charge in [0.05, 0.1) is 0 Å². The Labute approximate surface area is 129 Å². The predicted octanol–water partition coefficient (Wildman–Crippen LogP) is 3.93. The van der Waals surface area contributed by atoms with Crippen LogP contribution in [0.5, 0.6) is 0 Å². The third-order valence-electron chi connectivity index (χ3n) is 4.99. The van der Waals surface area contributed by atoms with Crippen molar-refractivity contribution in [3.8, 4) is 0 Å². The Morgan fingerprint density at radius 2 is 1.90 bits per heavy atom. The molecule has 116 valence electrons. The molecule has 2 fully saturated rings. The van der Waals surface area contributed by atoms with Crippen LogP contribution in [-0.4, -0.2) is 36.1 Å². The molecule has 0 radical (unpaired) electrons. The SMILES string of the molecule is CCCN1CCCC[C@@H]1c1cnc(N2CCCC2)c(C)c1. The van der Waals surface area contributed by atoms with Crippen LogP contribution in [0.25, 0.3) is 0 Å². The summed E-state index contributed by atoms with van der Waals surface area (Å²) in [5, 5.41) is 0. The van der Waals surface area contributed by atoms with Crippen molar-refractivity contribution in [1.82, 2.24) is 9.88 Å². The molecule has 0 amide bonds. The zero-order valence-corrected chi connectivity index (χ0v) is 13.6. The quantitative estimate of drug-likeness (QED) is 0.836. The van der Waals surface area contributed by atoms with E-state index in [1.807, 2.05) is 0 Å². The van der Waals surface area contributed by atoms with Crippen molar-refractivity contribution < 1.29 is 0 Å². The highest BCUT2D eigenvalue weighted by Crippen LogP contribution is 2.32. The minimum Gasteiger partial charge on any atom is -0.356 e. The zero-order valence-electron chi connectivity index (χ0n) is 13.6. The molecule has 21 heavy (non-hydrogen) atoms. The number of nitrogens with zero attached hydrogens (tertiary/aromatic N) is 3. The Morgan fingerprint density at radius 1 is 1.14 bits per heavy atom. The summed E-state index contributed by atoms with van der Waals surface area (Å²) in [4.78, 5) is 9.94. The van der Waals surface area contributed by atoms with Gasteiger partial charge < -0.3 is 4.90 Å². The normalized spacial score (nSPS) is 23.7. The van der Waals surface area contributed by atoms with E-state index < -0.39 is 0 Å². The maximum absolute atomic E-state index is 4.83. The Hall–Kier alpha value is -1.09. The van der Waals surface area contributed by atoms with Crippen LogP contribution in [0, 0.1) is 6.92 Å². The molecule has 3 heterocycles. The van der Waals surface area contributed by atoms with E-state index in [0.29, 0.717) is 6.04 Å². The first kappa shape index (κ1) is 14.8. The molecular weight excluding hydrogens is 258 g/mol. The van der Waals surface area contributed by atoms with Gasteiger partial charge in [-0.25, -0.2) is 4.98 Å². The summed E-state index contributed by atoms with van der Waals surface area (Å²) >= 11 is 0. The minimum absolute atomic E-state index is 0.595. The highest BCUT2D eigenvalue weighted by Gasteiger charge is 2.24. The Kier molecular flexibility index (Phi) is 4.79. The van der Waals surface area contributed by atoms with Crippen molar-refractivity contribution in [2.45, 2.75) is 58.4 Å². The van der Waals surface area contributed by atoms with Gasteiger partial charge in [-0.15, -0.1) is 0 Å². The van der Waals surface area contributed by atoms with Crippen molar-refractivity contribution in [1.29, 1.82) is 0 Å². The van der Waals surface area contributed by atoms with Gasteiger partial charge in [0.25, 0.3) is 0 Å². The van der Waals surface area contributed by atoms with Gasteiger partial charge in [-0.3, -0.25) is 4.90 Å². The van der Waals surface area contributed by atoms with Crippen LogP contribution in [0.15, 0.2) is 12.3 Å². The van der Waals surface area contributed by atoms with Crippen molar-refractivity contribution in [3.63, 3.8) is 0 Å². The molecule has 2 aliphatic heterocycles. The van der Waals surface area contributed by atoms with Crippen LogP contribution in [-0.2, 0) is 0 Å². The minimum atomic E-state index is 0.595. The summed E-state index contributed by atoms with van der Waals surface area (Å²) in [5.74, 6) is 1.22. The van der Waals surface area contributed by atoms with E-state index in [-0.39, 0.29) is 0 Å². The maximum atomic E-state index is 4.83. The van der Waals surface area contributed by atoms with Crippen LogP contribution < -0.4 is 4.90 Å². The van der Waals surface area contributed by atoms with E-state index in [1.54, 1.807) is 0 Å². The number of anilines is 1. The van der Waals surface area contributed by atoms with Crippen LogP contribution in [0.2, 0.25) is 0 Å². The topological polar surface area (TPSA) is 19.4 Å². The van der Waals surface area contributed by atoms with Gasteiger partial charge >= 0.3 is 0 Å². The van der Waals surface area contributed by atoms with Gasteiger partial charge in [0, 0.05) is 25.3 Å². The van der Waals surface area contributed by atoms with Crippen molar-refractivity contribution in [2.75, 3.05) is 31.1 Å². The molecule has 3 nitrogen and oxygen atoms in total. The fraction of sp³-hybridized carbons (Fsp3) is 0.722. The molecule has 0 N–H and O–H groups in total. The molecule has 0 spiro atoms. The van der Waals surface area contributed by atoms with Gasteiger partial charge in [0.1, 0.15) is 5.82 Å². The van der Waals surface area contributed by atoms with Crippen LogP contribution in [0.1, 0.15) is 62.6 Å². The lowest BCUT2D eigenvalue weighted by Crippen LogP contribution is -2.34. The smallest absolute Gasteiger partial charge is 0.131 e. The number of likely N-dealkylation sites (tertiary alicyclic amines) is 1. The fourth-order valence-corrected chi connectivity index (χ4v) is 3.95. The molecule has 0 bridgehead atoms. The van der Waals surface area contributed by atoms with Gasteiger partial charge in [-0.1, -0.05) is 13.3 Å². The number of rotatable bonds is 4. The zero-order chi connectivity index (χ0) is 14.7. The Morgan fingerprint density at radius 3 is 2.62 bits per heavy atom. The van der Waals surface area contributed by atoms with E-state index in [4.69, 9.17) is 4.98 Å². The first-order valence-corrected chi connectivity index (χ1v) is 8.75. The number of pyridine rings is 1. The van der Waals surface area contributed by atoms with Gasteiger partial charge in [-0.05, 0) is 69.3 Å². The second kappa shape index (κ2) is 6.78. The summed E-state index contributed by atoms with van der Waals surface area (Å²) in [6.45, 7) is 9.35. The molecule has 0 aliphatic carbocycles. The van der Waals surface area contributed by atoms with E-state index >= 15 is 0 Å². The van der Waals surface area contributed by atoms with Crippen molar-refractivity contribution >= 4 is 5.82 Å². The monoisotopic (exact) mass is 287 g/mol. The lowest BCUT2D eigenvalue weighted by Gasteiger charge is -2.36. The highest BCUT2D eigenvalue weighted by molar-refractivity contribution is 5.48. The maximum Gasteiger partial charge on any atom is 0.131 e. The summed E-state index contributed by atoms with van der Waals surface area (Å²) in [6, 6.07) is 3.00. The molecule has 2 aliphatic rings. The third kappa shape index (κ3) is 3.23. The average molecular weight is 287 g/mol. The molecule has 1 aromatic heterocycles. The Bertz CT molecular complexity index is 464. The largest absolute Gasteiger partial charge is 0.356 e. The molecule has 3 rings (SSSR count). The first-order valence-electron chi connectivity index (χ1n) is 8.75. The molecule has 0 aromatic carbocycles. The molecule has 3 heteroatoms.